The van der Waals surface area contributed by atoms with Crippen LogP contribution in [0, 0.1) is 31.3 Å². The second-order valence-electron chi connectivity index (χ2n) is 7.84. The number of rotatable bonds is 6. The van der Waals surface area contributed by atoms with Crippen LogP contribution < -0.4 is 10.3 Å². The van der Waals surface area contributed by atoms with Crippen molar-refractivity contribution in [1.29, 1.82) is 0 Å². The Morgan fingerprint density at radius 2 is 1.84 bits per heavy atom. The predicted molar refractivity (Wildman–Crippen MR) is 127 cm³/mol. The molecule has 0 N–H and O–H groups in total. The van der Waals surface area contributed by atoms with Crippen LogP contribution in [-0.4, -0.2) is 32.6 Å². The molecule has 0 atom stereocenters. The largest absolute Gasteiger partial charge is 0.485 e. The molecule has 12 heteroatoms. The fourth-order valence-electron chi connectivity index (χ4n) is 3.56. The summed E-state index contributed by atoms with van der Waals surface area (Å²) < 4.78 is 53.3. The van der Waals surface area contributed by atoms with Gasteiger partial charge in [-0.3, -0.25) is 19.3 Å². The average Bonchev–Trinajstić information content (AvgIpc) is 2.87. The highest BCUT2D eigenvalue weighted by Gasteiger charge is 2.21. The van der Waals surface area contributed by atoms with Crippen molar-refractivity contribution in [3.8, 4) is 22.7 Å². The number of carbonyl (C=O) groups is 1. The van der Waals surface area contributed by atoms with Crippen LogP contribution in [0.5, 0.6) is 5.75 Å². The Balaban J connectivity index is 1.74. The smallest absolute Gasteiger partial charge is 0.359 e. The summed E-state index contributed by atoms with van der Waals surface area (Å²) >= 11 is 6.29. The highest BCUT2D eigenvalue weighted by molar-refractivity contribution is 6.31. The van der Waals surface area contributed by atoms with E-state index in [9.17, 15) is 18.4 Å². The third kappa shape index (κ3) is 5.03. The summed E-state index contributed by atoms with van der Waals surface area (Å²) in [6, 6.07) is 4.94. The molecule has 0 fully saturated rings. The SMILES string of the molecule is COC(=O)c1nccc(-c2cc(-n3c(C)cc(OCc4ncc(F)cc4F)c(Cl)c3=O)c(C)cn2)c1F. The Labute approximate surface area is 213 Å². The summed E-state index contributed by atoms with van der Waals surface area (Å²) in [5, 5.41) is -0.297. The fourth-order valence-corrected chi connectivity index (χ4v) is 3.76. The molecule has 37 heavy (non-hydrogen) atoms. The number of ether oxygens (including phenoxy) is 2. The maximum atomic E-state index is 15.0. The number of aromatic nitrogens is 4. The van der Waals surface area contributed by atoms with Crippen molar-refractivity contribution in [3.05, 3.63) is 98.3 Å². The van der Waals surface area contributed by atoms with Crippen molar-refractivity contribution < 1.29 is 27.4 Å². The van der Waals surface area contributed by atoms with E-state index in [0.717, 1.165) is 13.3 Å². The van der Waals surface area contributed by atoms with E-state index in [1.54, 1.807) is 13.8 Å². The van der Waals surface area contributed by atoms with Gasteiger partial charge in [0.1, 0.15) is 28.9 Å². The summed E-state index contributed by atoms with van der Waals surface area (Å²) in [5.41, 5.74) is 0.0847. The molecule has 4 heterocycles. The van der Waals surface area contributed by atoms with Gasteiger partial charge in [0.2, 0.25) is 0 Å². The standard InChI is InChI=1S/C25H18ClF3N4O4/c1-12-9-31-17(15-4-5-30-23(22(15)29)25(35)36-3)8-19(12)33-13(2)6-20(21(26)24(33)34)37-11-18-16(28)7-14(27)10-32-18/h4-10H,11H2,1-3H3. The highest BCUT2D eigenvalue weighted by Crippen LogP contribution is 2.29. The summed E-state index contributed by atoms with van der Waals surface area (Å²) in [7, 11) is 1.11. The molecular formula is C25H18ClF3N4O4. The first kappa shape index (κ1) is 25.8. The Kier molecular flexibility index (Phi) is 7.25. The molecule has 0 aromatic carbocycles. The van der Waals surface area contributed by atoms with Crippen LogP contribution in [0.25, 0.3) is 16.9 Å². The maximum Gasteiger partial charge on any atom is 0.359 e. The van der Waals surface area contributed by atoms with E-state index in [4.69, 9.17) is 16.3 Å². The topological polar surface area (TPSA) is 96.2 Å². The number of halogens is 4. The van der Waals surface area contributed by atoms with Gasteiger partial charge >= 0.3 is 5.97 Å². The summed E-state index contributed by atoms with van der Waals surface area (Å²) in [4.78, 5) is 36.7. The van der Waals surface area contributed by atoms with Crippen molar-refractivity contribution in [1.82, 2.24) is 19.5 Å². The summed E-state index contributed by atoms with van der Waals surface area (Å²) in [5.74, 6) is -3.64. The molecule has 0 radical (unpaired) electrons. The molecule has 0 amide bonds. The molecule has 4 aromatic rings. The molecule has 0 bridgehead atoms. The number of esters is 1. The lowest BCUT2D eigenvalue weighted by Crippen LogP contribution is -2.23. The third-order valence-corrected chi connectivity index (χ3v) is 5.76. The van der Waals surface area contributed by atoms with Gasteiger partial charge in [-0.2, -0.15) is 0 Å². The first-order valence-corrected chi connectivity index (χ1v) is 11.0. The van der Waals surface area contributed by atoms with Gasteiger partial charge in [0.05, 0.1) is 24.7 Å². The molecule has 0 aliphatic rings. The predicted octanol–water partition coefficient (Wildman–Crippen LogP) is 4.74. The van der Waals surface area contributed by atoms with Crippen LogP contribution in [0.4, 0.5) is 13.2 Å². The van der Waals surface area contributed by atoms with Gasteiger partial charge in [0.25, 0.3) is 5.56 Å². The van der Waals surface area contributed by atoms with Gasteiger partial charge in [-0.1, -0.05) is 11.6 Å². The number of carbonyl (C=O) groups excluding carboxylic acids is 1. The number of aryl methyl sites for hydroxylation is 2. The molecule has 4 aromatic heterocycles. The average molecular weight is 531 g/mol. The summed E-state index contributed by atoms with van der Waals surface area (Å²) in [6.07, 6.45) is 3.52. The zero-order chi connectivity index (χ0) is 26.9. The Morgan fingerprint density at radius 1 is 1.08 bits per heavy atom. The van der Waals surface area contributed by atoms with Gasteiger partial charge in [-0.15, -0.1) is 0 Å². The molecule has 190 valence electrons. The second-order valence-corrected chi connectivity index (χ2v) is 8.22. The molecule has 0 unspecified atom stereocenters. The van der Waals surface area contributed by atoms with Gasteiger partial charge in [-0.25, -0.2) is 22.9 Å². The van der Waals surface area contributed by atoms with E-state index < -0.39 is 41.3 Å². The molecule has 0 spiro atoms. The van der Waals surface area contributed by atoms with E-state index in [1.807, 2.05) is 0 Å². The van der Waals surface area contributed by atoms with E-state index in [-0.39, 0.29) is 27.7 Å². The van der Waals surface area contributed by atoms with Crippen molar-refractivity contribution in [2.45, 2.75) is 20.5 Å². The van der Waals surface area contributed by atoms with E-state index in [1.165, 1.54) is 35.2 Å². The van der Waals surface area contributed by atoms with Gasteiger partial charge in [0, 0.05) is 35.8 Å². The lowest BCUT2D eigenvalue weighted by atomic mass is 10.1. The van der Waals surface area contributed by atoms with Crippen LogP contribution in [0.3, 0.4) is 0 Å². The molecule has 0 aliphatic heterocycles. The quantitative estimate of drug-likeness (QED) is 0.332. The minimum absolute atomic E-state index is 0.0257. The van der Waals surface area contributed by atoms with Crippen LogP contribution in [0.1, 0.15) is 27.4 Å². The minimum Gasteiger partial charge on any atom is -0.485 e. The minimum atomic E-state index is -0.947. The van der Waals surface area contributed by atoms with Crippen molar-refractivity contribution >= 4 is 17.6 Å². The van der Waals surface area contributed by atoms with Gasteiger partial charge in [0.15, 0.2) is 17.3 Å². The molecule has 8 nitrogen and oxygen atoms in total. The Morgan fingerprint density at radius 3 is 2.54 bits per heavy atom. The Bertz CT molecular complexity index is 1590. The van der Waals surface area contributed by atoms with Crippen molar-refractivity contribution in [2.75, 3.05) is 7.11 Å². The summed E-state index contributed by atoms with van der Waals surface area (Å²) in [6.45, 7) is 2.92. The van der Waals surface area contributed by atoms with Crippen LogP contribution in [-0.2, 0) is 11.3 Å². The van der Waals surface area contributed by atoms with Crippen LogP contribution in [0.15, 0.2) is 47.7 Å². The number of pyridine rings is 4. The van der Waals surface area contributed by atoms with Crippen molar-refractivity contribution in [2.24, 2.45) is 0 Å². The first-order valence-electron chi connectivity index (χ1n) is 10.7. The van der Waals surface area contributed by atoms with Gasteiger partial charge < -0.3 is 9.47 Å². The van der Waals surface area contributed by atoms with E-state index in [0.29, 0.717) is 23.0 Å². The lowest BCUT2D eigenvalue weighted by molar-refractivity contribution is 0.0588. The first-order chi connectivity index (χ1) is 17.6. The second kappa shape index (κ2) is 10.4. The monoisotopic (exact) mass is 530 g/mol. The van der Waals surface area contributed by atoms with E-state index in [2.05, 4.69) is 19.7 Å². The lowest BCUT2D eigenvalue weighted by Gasteiger charge is -2.17. The zero-order valence-electron chi connectivity index (χ0n) is 19.7. The number of methoxy groups -OCH3 is 1. The number of nitrogens with zero attached hydrogens (tertiary/aromatic N) is 4. The van der Waals surface area contributed by atoms with Crippen LogP contribution in [0.2, 0.25) is 5.02 Å². The van der Waals surface area contributed by atoms with Crippen molar-refractivity contribution in [3.63, 3.8) is 0 Å². The molecular weight excluding hydrogens is 513 g/mol. The molecule has 0 saturated heterocycles. The van der Waals surface area contributed by atoms with Crippen LogP contribution >= 0.6 is 11.6 Å². The number of hydrogen-bond acceptors (Lipinski definition) is 7. The van der Waals surface area contributed by atoms with Gasteiger partial charge in [-0.05, 0) is 31.5 Å². The number of hydrogen-bond donors (Lipinski definition) is 0. The van der Waals surface area contributed by atoms with E-state index >= 15 is 4.39 Å². The fraction of sp³-hybridized carbons (Fsp3) is 0.160. The maximum absolute atomic E-state index is 15.0. The molecule has 4 rings (SSSR count). The third-order valence-electron chi connectivity index (χ3n) is 5.41. The highest BCUT2D eigenvalue weighted by atomic mass is 35.5. The molecule has 0 aliphatic carbocycles. The zero-order valence-corrected chi connectivity index (χ0v) is 20.4. The Hall–Kier alpha value is -4.25. The molecule has 0 saturated carbocycles. The normalized spacial score (nSPS) is 10.9.